The molecule has 0 radical (unpaired) electrons. The van der Waals surface area contributed by atoms with Crippen LogP contribution in [0.15, 0.2) is 72.8 Å². The van der Waals surface area contributed by atoms with Gasteiger partial charge in [-0.05, 0) is 65.9 Å². The van der Waals surface area contributed by atoms with E-state index in [1.165, 1.54) is 5.56 Å². The lowest BCUT2D eigenvalue weighted by Gasteiger charge is -2.09. The predicted molar refractivity (Wildman–Crippen MR) is 123 cm³/mol. The van der Waals surface area contributed by atoms with E-state index in [1.807, 2.05) is 18.2 Å². The minimum Gasteiger partial charge on any atom is -0.462 e. The number of hydrogen-bond acceptors (Lipinski definition) is 4. The number of esters is 2. The maximum Gasteiger partial charge on any atom is 0.338 e. The molecule has 0 aliphatic heterocycles. The Labute approximate surface area is 177 Å². The first-order valence-corrected chi connectivity index (χ1v) is 9.51. The molecular weight excluding hydrogens is 376 g/mol. The van der Waals surface area contributed by atoms with Gasteiger partial charge in [-0.3, -0.25) is 0 Å². The van der Waals surface area contributed by atoms with Crippen LogP contribution in [0.4, 0.5) is 0 Å². The smallest absolute Gasteiger partial charge is 0.338 e. The molecule has 0 spiro atoms. The van der Waals surface area contributed by atoms with Gasteiger partial charge < -0.3 is 9.47 Å². The summed E-state index contributed by atoms with van der Waals surface area (Å²) in [6.45, 7) is 10.8. The van der Waals surface area contributed by atoms with E-state index in [0.29, 0.717) is 23.5 Å². The number of carbonyl (C=O) groups is 2. The number of hydrogen-bond donors (Lipinski definition) is 0. The van der Waals surface area contributed by atoms with Crippen LogP contribution in [-0.4, -0.2) is 18.5 Å². The molecule has 0 aliphatic rings. The Bertz CT molecular complexity index is 1120. The molecule has 3 aromatic rings. The first-order valence-electron chi connectivity index (χ1n) is 9.51. The first-order chi connectivity index (χ1) is 13.8. The summed E-state index contributed by atoms with van der Waals surface area (Å²) in [6.07, 6.45) is 1.59. The van der Waals surface area contributed by atoms with Gasteiger partial charge in [-0.15, -0.1) is 0 Å². The number of carbonyl (C=O) groups excluding carboxylic acids is 2. The molecular formula is C26H28O4. The van der Waals surface area contributed by atoms with Crippen LogP contribution in [0, 0.1) is 0 Å². The van der Waals surface area contributed by atoms with Crippen molar-refractivity contribution in [3.8, 4) is 5.75 Å². The van der Waals surface area contributed by atoms with Crippen LogP contribution in [0.2, 0.25) is 0 Å². The fourth-order valence-corrected chi connectivity index (χ4v) is 3.08. The van der Waals surface area contributed by atoms with Gasteiger partial charge in [0.2, 0.25) is 0 Å². The van der Waals surface area contributed by atoms with Crippen molar-refractivity contribution >= 4 is 33.5 Å². The zero-order valence-electron chi connectivity index (χ0n) is 16.8. The first kappa shape index (κ1) is 22.9. The van der Waals surface area contributed by atoms with Gasteiger partial charge in [0.05, 0.1) is 6.61 Å². The van der Waals surface area contributed by atoms with Crippen molar-refractivity contribution in [1.82, 2.24) is 0 Å². The van der Waals surface area contributed by atoms with Crippen molar-refractivity contribution in [3.05, 3.63) is 78.4 Å². The van der Waals surface area contributed by atoms with Crippen LogP contribution in [0.1, 0.15) is 33.3 Å². The van der Waals surface area contributed by atoms with Gasteiger partial charge in [0, 0.05) is 11.1 Å². The number of benzene rings is 3. The number of ether oxygens (including phenoxy) is 2. The second kappa shape index (κ2) is 9.88. The average Bonchev–Trinajstić information content (AvgIpc) is 2.70. The Balaban J connectivity index is 0.00000320. The summed E-state index contributed by atoms with van der Waals surface area (Å²) in [6, 6.07) is 16.1. The molecule has 4 nitrogen and oxygen atoms in total. The van der Waals surface area contributed by atoms with E-state index in [9.17, 15) is 9.59 Å². The molecule has 0 heterocycles. The summed E-state index contributed by atoms with van der Waals surface area (Å²) in [5.41, 5.74) is 1.97. The molecule has 30 heavy (non-hydrogen) atoms. The zero-order valence-corrected chi connectivity index (χ0v) is 16.8. The second-order valence-electron chi connectivity index (χ2n) is 7.19. The predicted octanol–water partition coefficient (Wildman–Crippen LogP) is 6.16. The highest BCUT2D eigenvalue weighted by atomic mass is 16.5. The maximum atomic E-state index is 11.7. The van der Waals surface area contributed by atoms with Crippen LogP contribution >= 0.6 is 0 Å². The van der Waals surface area contributed by atoms with Gasteiger partial charge >= 0.3 is 11.9 Å². The summed E-state index contributed by atoms with van der Waals surface area (Å²) in [7, 11) is 0. The monoisotopic (exact) mass is 404 g/mol. The van der Waals surface area contributed by atoms with E-state index >= 15 is 0 Å². The summed E-state index contributed by atoms with van der Waals surface area (Å²) < 4.78 is 10.5. The van der Waals surface area contributed by atoms with E-state index in [0.717, 1.165) is 34.4 Å². The van der Waals surface area contributed by atoms with Crippen LogP contribution in [-0.2, 0) is 20.7 Å². The Hall–Kier alpha value is -3.40. The fourth-order valence-electron chi connectivity index (χ4n) is 3.08. The Morgan fingerprint density at radius 3 is 2.07 bits per heavy atom. The quantitative estimate of drug-likeness (QED) is 0.155. The molecule has 0 aliphatic carbocycles. The Morgan fingerprint density at radius 2 is 1.43 bits per heavy atom. The second-order valence-corrected chi connectivity index (χ2v) is 7.19. The SMILES string of the molecule is C.C=C(C)C(=O)OCCCc1ccc2c(ccc3cc(OC(=O)C(=C)C)ccc32)c1. The van der Waals surface area contributed by atoms with E-state index in [4.69, 9.17) is 9.47 Å². The van der Waals surface area contributed by atoms with E-state index in [1.54, 1.807) is 19.9 Å². The largest absolute Gasteiger partial charge is 0.462 e. The molecule has 0 fully saturated rings. The van der Waals surface area contributed by atoms with Gasteiger partial charge in [-0.25, -0.2) is 9.59 Å². The number of fused-ring (bicyclic) bond motifs is 3. The minimum atomic E-state index is -0.427. The minimum absolute atomic E-state index is 0. The molecule has 4 heteroatoms. The number of aryl methyl sites for hydroxylation is 1. The summed E-state index contributed by atoms with van der Waals surface area (Å²) in [4.78, 5) is 23.1. The average molecular weight is 405 g/mol. The highest BCUT2D eigenvalue weighted by molar-refractivity contribution is 6.08. The molecule has 0 bridgehead atoms. The van der Waals surface area contributed by atoms with Crippen molar-refractivity contribution in [2.24, 2.45) is 0 Å². The highest BCUT2D eigenvalue weighted by Crippen LogP contribution is 2.29. The maximum absolute atomic E-state index is 11.7. The molecule has 0 aromatic heterocycles. The van der Waals surface area contributed by atoms with Crippen LogP contribution < -0.4 is 4.74 Å². The molecule has 156 valence electrons. The zero-order chi connectivity index (χ0) is 21.0. The molecule has 0 saturated heterocycles. The standard InChI is InChI=1S/C25H24O4.CH4/c1-16(2)24(26)28-13-5-6-18-7-11-22-19(14-18)8-9-20-15-21(10-12-23(20)22)29-25(27)17(3)4;/h7-12,14-15H,1,3,5-6,13H2,2,4H3;1H4. The van der Waals surface area contributed by atoms with Crippen molar-refractivity contribution < 1.29 is 19.1 Å². The summed E-state index contributed by atoms with van der Waals surface area (Å²) in [5.74, 6) is -0.266. The summed E-state index contributed by atoms with van der Waals surface area (Å²) >= 11 is 0. The number of rotatable bonds is 7. The third-order valence-electron chi connectivity index (χ3n) is 4.62. The molecule has 0 saturated carbocycles. The van der Waals surface area contributed by atoms with Gasteiger partial charge in [-0.1, -0.05) is 57.0 Å². The fraction of sp³-hybridized carbons (Fsp3) is 0.231. The van der Waals surface area contributed by atoms with Gasteiger partial charge in [0.1, 0.15) is 5.75 Å². The Morgan fingerprint density at radius 1 is 0.833 bits per heavy atom. The van der Waals surface area contributed by atoms with Gasteiger partial charge in [-0.2, -0.15) is 0 Å². The van der Waals surface area contributed by atoms with E-state index in [2.05, 4.69) is 37.4 Å². The molecule has 0 unspecified atom stereocenters. The van der Waals surface area contributed by atoms with Crippen molar-refractivity contribution in [3.63, 3.8) is 0 Å². The van der Waals surface area contributed by atoms with Crippen molar-refractivity contribution in [2.75, 3.05) is 6.61 Å². The third kappa shape index (κ3) is 5.35. The lowest BCUT2D eigenvalue weighted by atomic mass is 9.98. The summed E-state index contributed by atoms with van der Waals surface area (Å²) in [5, 5.41) is 4.38. The highest BCUT2D eigenvalue weighted by Gasteiger charge is 2.08. The van der Waals surface area contributed by atoms with Crippen LogP contribution in [0.25, 0.3) is 21.5 Å². The molecule has 0 amide bonds. The van der Waals surface area contributed by atoms with Crippen molar-refractivity contribution in [1.29, 1.82) is 0 Å². The van der Waals surface area contributed by atoms with E-state index < -0.39 is 5.97 Å². The molecule has 0 atom stereocenters. The van der Waals surface area contributed by atoms with Crippen LogP contribution in [0.5, 0.6) is 5.75 Å². The molecule has 0 N–H and O–H groups in total. The van der Waals surface area contributed by atoms with E-state index in [-0.39, 0.29) is 13.4 Å². The third-order valence-corrected chi connectivity index (χ3v) is 4.62. The lowest BCUT2D eigenvalue weighted by Crippen LogP contribution is -2.07. The topological polar surface area (TPSA) is 52.6 Å². The normalized spacial score (nSPS) is 10.3. The lowest BCUT2D eigenvalue weighted by molar-refractivity contribution is -0.139. The Kier molecular flexibility index (Phi) is 7.54. The van der Waals surface area contributed by atoms with Gasteiger partial charge in [0.25, 0.3) is 0 Å². The molecule has 3 aromatic carbocycles. The van der Waals surface area contributed by atoms with Crippen molar-refractivity contribution in [2.45, 2.75) is 34.1 Å². The van der Waals surface area contributed by atoms with Gasteiger partial charge in [0.15, 0.2) is 0 Å². The van der Waals surface area contributed by atoms with Crippen LogP contribution in [0.3, 0.4) is 0 Å². The molecule has 3 rings (SSSR count).